The van der Waals surface area contributed by atoms with E-state index in [1.165, 1.54) is 96.3 Å². The van der Waals surface area contributed by atoms with Crippen molar-refractivity contribution < 1.29 is 28.6 Å². The molecule has 378 valence electrons. The van der Waals surface area contributed by atoms with Crippen LogP contribution in [0.5, 0.6) is 0 Å². The number of hydrogen-bond acceptors (Lipinski definition) is 6. The Morgan fingerprint density at radius 1 is 0.318 bits per heavy atom. The van der Waals surface area contributed by atoms with Gasteiger partial charge in [-0.25, -0.2) is 0 Å². The minimum Gasteiger partial charge on any atom is -0.462 e. The van der Waals surface area contributed by atoms with Crippen LogP contribution in [-0.2, 0) is 28.6 Å². The molecule has 0 aliphatic rings. The molecule has 66 heavy (non-hydrogen) atoms. The van der Waals surface area contributed by atoms with Crippen LogP contribution in [0, 0.1) is 0 Å². The standard InChI is InChI=1S/C60H102O6/c1-4-7-10-13-16-19-22-24-26-27-28-29-30-31-32-33-35-36-38-41-44-47-50-53-59(62)65-56-57(55-64-58(61)52-49-46-43-40-21-18-15-12-9-6-3)66-60(63)54-51-48-45-42-39-37-34-25-23-20-17-14-11-8-5-2/h7,10,12,15-16,19,24-26,28-29,31-32,34,57H,4-6,8-9,11,13-14,17-18,20-23,27,30,33,35-56H2,1-3H3/b10-7-,15-12-,19-16-,26-24-,29-28-,32-31-,34-25-. The number of carbonyl (C=O) groups excluding carboxylic acids is 3. The summed E-state index contributed by atoms with van der Waals surface area (Å²) in [7, 11) is 0. The summed E-state index contributed by atoms with van der Waals surface area (Å²) in [4.78, 5) is 38.0. The molecule has 0 heterocycles. The average Bonchev–Trinajstić information content (AvgIpc) is 3.31. The summed E-state index contributed by atoms with van der Waals surface area (Å²) in [5, 5.41) is 0. The molecule has 0 saturated carbocycles. The van der Waals surface area contributed by atoms with Crippen molar-refractivity contribution in [3.05, 3.63) is 85.1 Å². The van der Waals surface area contributed by atoms with Gasteiger partial charge in [-0.05, 0) is 109 Å². The van der Waals surface area contributed by atoms with Gasteiger partial charge in [0.1, 0.15) is 13.2 Å². The SMILES string of the molecule is CC/C=C\C/C=C\C/C=C\C/C=C\C/C=C\CCCCCCCCCC(=O)OCC(COC(=O)CCCCCCC/C=C\CCC)OC(=O)CCCCCCC/C=C\CCCCCCCC. The minimum absolute atomic E-state index is 0.0879. The monoisotopic (exact) mass is 919 g/mol. The predicted octanol–water partition coefficient (Wildman–Crippen LogP) is 18.4. The number of unbranched alkanes of at least 4 members (excludes halogenated alkanes) is 24. The van der Waals surface area contributed by atoms with E-state index in [4.69, 9.17) is 14.2 Å². The fraction of sp³-hybridized carbons (Fsp3) is 0.717. The van der Waals surface area contributed by atoms with E-state index in [1.807, 2.05) is 0 Å². The lowest BCUT2D eigenvalue weighted by Gasteiger charge is -2.18. The zero-order chi connectivity index (χ0) is 47.9. The summed E-state index contributed by atoms with van der Waals surface area (Å²) < 4.78 is 16.8. The first-order valence-electron chi connectivity index (χ1n) is 27.6. The molecule has 0 saturated heterocycles. The molecule has 0 N–H and O–H groups in total. The number of esters is 3. The molecule has 6 nitrogen and oxygen atoms in total. The first-order valence-corrected chi connectivity index (χ1v) is 27.6. The molecule has 0 aromatic rings. The van der Waals surface area contributed by atoms with E-state index in [1.54, 1.807) is 0 Å². The highest BCUT2D eigenvalue weighted by Crippen LogP contribution is 2.14. The molecule has 0 aliphatic carbocycles. The minimum atomic E-state index is -0.788. The summed E-state index contributed by atoms with van der Waals surface area (Å²) in [5.41, 5.74) is 0. The van der Waals surface area contributed by atoms with Gasteiger partial charge in [-0.2, -0.15) is 0 Å². The van der Waals surface area contributed by atoms with E-state index >= 15 is 0 Å². The van der Waals surface area contributed by atoms with Gasteiger partial charge >= 0.3 is 17.9 Å². The lowest BCUT2D eigenvalue weighted by atomic mass is 10.1. The Bertz CT molecular complexity index is 1290. The van der Waals surface area contributed by atoms with Gasteiger partial charge in [-0.15, -0.1) is 0 Å². The Morgan fingerprint density at radius 3 is 1.00 bits per heavy atom. The Hall–Kier alpha value is -3.41. The number of ether oxygens (including phenoxy) is 3. The van der Waals surface area contributed by atoms with Gasteiger partial charge in [0.25, 0.3) is 0 Å². The first-order chi connectivity index (χ1) is 32.5. The van der Waals surface area contributed by atoms with Gasteiger partial charge in [-0.3, -0.25) is 14.4 Å². The summed E-state index contributed by atoms with van der Waals surface area (Å²) in [6, 6.07) is 0. The molecule has 1 atom stereocenters. The molecule has 0 amide bonds. The maximum atomic E-state index is 12.8. The van der Waals surface area contributed by atoms with Gasteiger partial charge in [0.2, 0.25) is 0 Å². The van der Waals surface area contributed by atoms with E-state index in [-0.39, 0.29) is 31.1 Å². The highest BCUT2D eigenvalue weighted by molar-refractivity contribution is 5.71. The van der Waals surface area contributed by atoms with Crippen LogP contribution >= 0.6 is 0 Å². The molecule has 0 spiro atoms. The average molecular weight is 919 g/mol. The van der Waals surface area contributed by atoms with Crippen molar-refractivity contribution in [3.63, 3.8) is 0 Å². The number of allylic oxidation sites excluding steroid dienone is 14. The van der Waals surface area contributed by atoms with Crippen molar-refractivity contribution in [2.75, 3.05) is 13.2 Å². The normalized spacial score (nSPS) is 12.7. The van der Waals surface area contributed by atoms with Crippen molar-refractivity contribution in [1.29, 1.82) is 0 Å². The number of carbonyl (C=O) groups is 3. The predicted molar refractivity (Wildman–Crippen MR) is 284 cm³/mol. The van der Waals surface area contributed by atoms with Crippen molar-refractivity contribution >= 4 is 17.9 Å². The fourth-order valence-corrected chi connectivity index (χ4v) is 7.47. The molecule has 0 rings (SSSR count). The van der Waals surface area contributed by atoms with Gasteiger partial charge < -0.3 is 14.2 Å². The molecule has 0 fully saturated rings. The van der Waals surface area contributed by atoms with Crippen LogP contribution in [0.3, 0.4) is 0 Å². The second kappa shape index (κ2) is 54.2. The summed E-state index contributed by atoms with van der Waals surface area (Å²) in [6.07, 6.45) is 70.0. The van der Waals surface area contributed by atoms with Crippen LogP contribution in [0.25, 0.3) is 0 Å². The van der Waals surface area contributed by atoms with Crippen LogP contribution in [0.1, 0.15) is 258 Å². The molecule has 1 unspecified atom stereocenters. The van der Waals surface area contributed by atoms with Crippen molar-refractivity contribution in [2.45, 2.75) is 264 Å². The molecule has 0 bridgehead atoms. The molecule has 0 aliphatic heterocycles. The highest BCUT2D eigenvalue weighted by atomic mass is 16.6. The van der Waals surface area contributed by atoms with Crippen LogP contribution < -0.4 is 0 Å². The van der Waals surface area contributed by atoms with Crippen molar-refractivity contribution in [2.24, 2.45) is 0 Å². The topological polar surface area (TPSA) is 78.9 Å². The molecule has 0 aromatic heterocycles. The summed E-state index contributed by atoms with van der Waals surface area (Å²) in [5.74, 6) is -0.916. The first kappa shape index (κ1) is 62.6. The van der Waals surface area contributed by atoms with Crippen molar-refractivity contribution in [1.82, 2.24) is 0 Å². The van der Waals surface area contributed by atoms with Crippen LogP contribution in [0.4, 0.5) is 0 Å². The zero-order valence-electron chi connectivity index (χ0n) is 43.2. The van der Waals surface area contributed by atoms with Crippen molar-refractivity contribution in [3.8, 4) is 0 Å². The van der Waals surface area contributed by atoms with E-state index in [0.29, 0.717) is 19.3 Å². The third-order valence-electron chi connectivity index (χ3n) is 11.6. The third-order valence-corrected chi connectivity index (χ3v) is 11.6. The smallest absolute Gasteiger partial charge is 0.306 e. The second-order valence-electron chi connectivity index (χ2n) is 18.1. The maximum absolute atomic E-state index is 12.8. The lowest BCUT2D eigenvalue weighted by molar-refractivity contribution is -0.167. The van der Waals surface area contributed by atoms with E-state index in [0.717, 1.165) is 122 Å². The van der Waals surface area contributed by atoms with Gasteiger partial charge in [0, 0.05) is 19.3 Å². The van der Waals surface area contributed by atoms with E-state index in [2.05, 4.69) is 106 Å². The lowest BCUT2D eigenvalue weighted by Crippen LogP contribution is -2.30. The number of hydrogen-bond donors (Lipinski definition) is 0. The van der Waals surface area contributed by atoms with E-state index < -0.39 is 6.10 Å². The quantitative estimate of drug-likeness (QED) is 0.0262. The Morgan fingerprint density at radius 2 is 0.621 bits per heavy atom. The zero-order valence-corrected chi connectivity index (χ0v) is 43.2. The number of rotatable bonds is 49. The fourth-order valence-electron chi connectivity index (χ4n) is 7.47. The Kier molecular flexibility index (Phi) is 51.4. The highest BCUT2D eigenvalue weighted by Gasteiger charge is 2.19. The van der Waals surface area contributed by atoms with Crippen LogP contribution in [-0.4, -0.2) is 37.2 Å². The molecule has 6 heteroatoms. The molecular weight excluding hydrogens is 817 g/mol. The van der Waals surface area contributed by atoms with Gasteiger partial charge in [0.05, 0.1) is 0 Å². The molecular formula is C60H102O6. The van der Waals surface area contributed by atoms with Crippen LogP contribution in [0.2, 0.25) is 0 Å². The summed E-state index contributed by atoms with van der Waals surface area (Å²) in [6.45, 7) is 6.44. The largest absolute Gasteiger partial charge is 0.462 e. The summed E-state index contributed by atoms with van der Waals surface area (Å²) >= 11 is 0. The molecule has 0 aromatic carbocycles. The van der Waals surface area contributed by atoms with Gasteiger partial charge in [-0.1, -0.05) is 215 Å². The molecule has 0 radical (unpaired) electrons. The Balaban J connectivity index is 4.33. The van der Waals surface area contributed by atoms with E-state index in [9.17, 15) is 14.4 Å². The van der Waals surface area contributed by atoms with Gasteiger partial charge in [0.15, 0.2) is 6.10 Å². The second-order valence-corrected chi connectivity index (χ2v) is 18.1. The van der Waals surface area contributed by atoms with Crippen LogP contribution in [0.15, 0.2) is 85.1 Å². The maximum Gasteiger partial charge on any atom is 0.306 e. The third kappa shape index (κ3) is 51.6. The Labute approximate surface area is 407 Å².